The first-order valence-corrected chi connectivity index (χ1v) is 7.58. The van der Waals surface area contributed by atoms with Crippen LogP contribution in [0.25, 0.3) is 0 Å². The van der Waals surface area contributed by atoms with Crippen molar-refractivity contribution in [2.45, 2.75) is 32.6 Å². The Labute approximate surface area is 130 Å². The summed E-state index contributed by atoms with van der Waals surface area (Å²) in [4.78, 5) is 4.53. The molecule has 0 N–H and O–H groups in total. The van der Waals surface area contributed by atoms with E-state index in [1.54, 1.807) is 7.11 Å². The normalized spacial score (nSPS) is 10.5. The number of benzene rings is 1. The van der Waals surface area contributed by atoms with Gasteiger partial charge in [-0.05, 0) is 42.7 Å². The van der Waals surface area contributed by atoms with Crippen LogP contribution in [0.4, 0.5) is 0 Å². The molecular formula is C17H20ClNO2. The molecule has 0 bridgehead atoms. The molecule has 2 aromatic rings. The first kappa shape index (κ1) is 15.6. The molecule has 0 amide bonds. The summed E-state index contributed by atoms with van der Waals surface area (Å²) in [5.41, 5.74) is 3.13. The van der Waals surface area contributed by atoms with Gasteiger partial charge in [-0.1, -0.05) is 19.4 Å². The van der Waals surface area contributed by atoms with E-state index in [1.165, 1.54) is 0 Å². The average Bonchev–Trinajstić information content (AvgIpc) is 2.49. The highest BCUT2D eigenvalue weighted by Gasteiger charge is 2.09. The van der Waals surface area contributed by atoms with Crippen molar-refractivity contribution >= 4 is 11.6 Å². The smallest absolute Gasteiger partial charge is 0.219 e. The Balaban J connectivity index is 2.32. The fourth-order valence-corrected chi connectivity index (χ4v) is 2.26. The van der Waals surface area contributed by atoms with Crippen molar-refractivity contribution in [3.63, 3.8) is 0 Å². The summed E-state index contributed by atoms with van der Waals surface area (Å²) in [6.07, 6.45) is 1.94. The number of pyridine rings is 1. The van der Waals surface area contributed by atoms with Gasteiger partial charge in [0.2, 0.25) is 5.88 Å². The van der Waals surface area contributed by atoms with Crippen LogP contribution >= 0.6 is 11.6 Å². The van der Waals surface area contributed by atoms with Crippen molar-refractivity contribution in [3.8, 4) is 17.4 Å². The van der Waals surface area contributed by atoms with Crippen LogP contribution in [0.15, 0.2) is 30.3 Å². The minimum absolute atomic E-state index is 0.445. The van der Waals surface area contributed by atoms with Gasteiger partial charge in [0, 0.05) is 17.6 Å². The first-order chi connectivity index (χ1) is 10.2. The zero-order valence-corrected chi connectivity index (χ0v) is 13.4. The minimum Gasteiger partial charge on any atom is -0.493 e. The fraction of sp³-hybridized carbons (Fsp3) is 0.353. The van der Waals surface area contributed by atoms with Crippen LogP contribution in [0.1, 0.15) is 30.2 Å². The molecule has 1 aromatic carbocycles. The lowest BCUT2D eigenvalue weighted by atomic mass is 10.2. The molecule has 0 saturated carbocycles. The largest absolute Gasteiger partial charge is 0.493 e. The van der Waals surface area contributed by atoms with E-state index < -0.39 is 0 Å². The van der Waals surface area contributed by atoms with Crippen LogP contribution in [0.3, 0.4) is 0 Å². The monoisotopic (exact) mass is 305 g/mol. The Morgan fingerprint density at radius 1 is 1.14 bits per heavy atom. The van der Waals surface area contributed by atoms with E-state index in [-0.39, 0.29) is 0 Å². The number of rotatable bonds is 6. The third-order valence-corrected chi connectivity index (χ3v) is 3.42. The molecule has 4 heteroatoms. The Bertz CT molecular complexity index is 614. The summed E-state index contributed by atoms with van der Waals surface area (Å²) in [6, 6.07) is 9.70. The topological polar surface area (TPSA) is 31.4 Å². The summed E-state index contributed by atoms with van der Waals surface area (Å²) < 4.78 is 11.2. The van der Waals surface area contributed by atoms with Crippen molar-refractivity contribution in [3.05, 3.63) is 47.2 Å². The first-order valence-electron chi connectivity index (χ1n) is 7.04. The maximum Gasteiger partial charge on any atom is 0.219 e. The van der Waals surface area contributed by atoms with E-state index in [1.807, 2.05) is 37.3 Å². The van der Waals surface area contributed by atoms with Gasteiger partial charge < -0.3 is 9.47 Å². The number of methoxy groups -OCH3 is 1. The molecule has 0 radical (unpaired) electrons. The zero-order chi connectivity index (χ0) is 15.2. The van der Waals surface area contributed by atoms with Gasteiger partial charge in [0.05, 0.1) is 7.11 Å². The Morgan fingerprint density at radius 3 is 2.62 bits per heavy atom. The van der Waals surface area contributed by atoms with Gasteiger partial charge in [-0.3, -0.25) is 0 Å². The Kier molecular flexibility index (Phi) is 5.45. The van der Waals surface area contributed by atoms with Crippen LogP contribution in [0.5, 0.6) is 17.4 Å². The average molecular weight is 306 g/mol. The van der Waals surface area contributed by atoms with Gasteiger partial charge in [-0.2, -0.15) is 0 Å². The molecule has 2 rings (SSSR count). The highest BCUT2D eigenvalue weighted by molar-refractivity contribution is 6.17. The second kappa shape index (κ2) is 7.32. The van der Waals surface area contributed by atoms with E-state index in [4.69, 9.17) is 21.1 Å². The second-order valence-electron chi connectivity index (χ2n) is 4.94. The Morgan fingerprint density at radius 2 is 1.95 bits per heavy atom. The molecule has 1 aromatic heterocycles. The number of ether oxygens (including phenoxy) is 2. The van der Waals surface area contributed by atoms with E-state index in [0.717, 1.165) is 29.7 Å². The molecule has 0 aliphatic carbocycles. The zero-order valence-electron chi connectivity index (χ0n) is 12.6. The molecule has 0 aliphatic rings. The number of aromatic nitrogens is 1. The molecule has 0 fully saturated rings. The lowest BCUT2D eigenvalue weighted by Crippen LogP contribution is -1.97. The highest BCUT2D eigenvalue weighted by Crippen LogP contribution is 2.32. The number of alkyl halides is 1. The SMILES string of the molecule is CCCc1cc(CCl)cc(Oc2ccc(C)cc2OC)n1. The van der Waals surface area contributed by atoms with Crippen LogP contribution < -0.4 is 9.47 Å². The number of aryl methyl sites for hydroxylation is 2. The maximum atomic E-state index is 5.95. The van der Waals surface area contributed by atoms with E-state index in [0.29, 0.717) is 23.3 Å². The van der Waals surface area contributed by atoms with E-state index in [2.05, 4.69) is 11.9 Å². The lowest BCUT2D eigenvalue weighted by Gasteiger charge is -2.12. The summed E-state index contributed by atoms with van der Waals surface area (Å²) >= 11 is 5.95. The number of hydrogen-bond acceptors (Lipinski definition) is 3. The van der Waals surface area contributed by atoms with Crippen LogP contribution in [-0.4, -0.2) is 12.1 Å². The number of hydrogen-bond donors (Lipinski definition) is 0. The molecular weight excluding hydrogens is 286 g/mol. The Hall–Kier alpha value is -1.74. The third-order valence-electron chi connectivity index (χ3n) is 3.11. The fourth-order valence-electron chi connectivity index (χ4n) is 2.11. The van der Waals surface area contributed by atoms with Gasteiger partial charge in [-0.25, -0.2) is 4.98 Å². The van der Waals surface area contributed by atoms with Crippen molar-refractivity contribution in [2.24, 2.45) is 0 Å². The van der Waals surface area contributed by atoms with Gasteiger partial charge in [0.1, 0.15) is 0 Å². The van der Waals surface area contributed by atoms with Crippen molar-refractivity contribution in [2.75, 3.05) is 7.11 Å². The summed E-state index contributed by atoms with van der Waals surface area (Å²) in [7, 11) is 1.63. The van der Waals surface area contributed by atoms with Crippen LogP contribution in [0.2, 0.25) is 0 Å². The van der Waals surface area contributed by atoms with Crippen molar-refractivity contribution in [1.82, 2.24) is 4.98 Å². The summed E-state index contributed by atoms with van der Waals surface area (Å²) in [5.74, 6) is 2.36. The maximum absolute atomic E-state index is 5.95. The standard InChI is InChI=1S/C17H20ClNO2/c1-4-5-14-9-13(11-18)10-17(19-14)21-15-7-6-12(2)8-16(15)20-3/h6-10H,4-5,11H2,1-3H3. The molecule has 0 unspecified atom stereocenters. The third kappa shape index (κ3) is 4.11. The molecule has 3 nitrogen and oxygen atoms in total. The summed E-state index contributed by atoms with van der Waals surface area (Å²) in [5, 5.41) is 0. The molecule has 0 saturated heterocycles. The lowest BCUT2D eigenvalue weighted by molar-refractivity contribution is 0.373. The van der Waals surface area contributed by atoms with Crippen molar-refractivity contribution < 1.29 is 9.47 Å². The van der Waals surface area contributed by atoms with Gasteiger partial charge in [-0.15, -0.1) is 11.6 Å². The summed E-state index contributed by atoms with van der Waals surface area (Å²) in [6.45, 7) is 4.14. The second-order valence-corrected chi connectivity index (χ2v) is 5.21. The molecule has 112 valence electrons. The molecule has 0 atom stereocenters. The van der Waals surface area contributed by atoms with Gasteiger partial charge in [0.15, 0.2) is 11.5 Å². The quantitative estimate of drug-likeness (QED) is 0.713. The molecule has 0 aliphatic heterocycles. The predicted molar refractivity (Wildman–Crippen MR) is 85.6 cm³/mol. The van der Waals surface area contributed by atoms with Crippen LogP contribution in [-0.2, 0) is 12.3 Å². The van der Waals surface area contributed by atoms with E-state index >= 15 is 0 Å². The minimum atomic E-state index is 0.445. The molecule has 0 spiro atoms. The number of nitrogens with zero attached hydrogens (tertiary/aromatic N) is 1. The molecule has 21 heavy (non-hydrogen) atoms. The predicted octanol–water partition coefficient (Wildman–Crippen LogP) is 4.88. The highest BCUT2D eigenvalue weighted by atomic mass is 35.5. The number of halogens is 1. The van der Waals surface area contributed by atoms with Crippen LogP contribution in [0, 0.1) is 6.92 Å². The van der Waals surface area contributed by atoms with Gasteiger partial charge >= 0.3 is 0 Å². The molecule has 1 heterocycles. The van der Waals surface area contributed by atoms with Gasteiger partial charge in [0.25, 0.3) is 0 Å². The van der Waals surface area contributed by atoms with E-state index in [9.17, 15) is 0 Å². The van der Waals surface area contributed by atoms with Crippen molar-refractivity contribution in [1.29, 1.82) is 0 Å².